The van der Waals surface area contributed by atoms with E-state index in [0.29, 0.717) is 17.1 Å². The maximum atomic E-state index is 14.6. The monoisotopic (exact) mass is 415 g/mol. The number of halogens is 3. The Morgan fingerprint density at radius 3 is 2.34 bits per heavy atom. The molecule has 152 valence electrons. The van der Waals surface area contributed by atoms with Crippen LogP contribution in [0.4, 0.5) is 8.78 Å². The summed E-state index contributed by atoms with van der Waals surface area (Å²) in [6.07, 6.45) is 0. The molecule has 29 heavy (non-hydrogen) atoms. The molecule has 0 unspecified atom stereocenters. The van der Waals surface area contributed by atoms with Gasteiger partial charge in [0.25, 0.3) is 0 Å². The Balaban J connectivity index is 1.70. The minimum Gasteiger partial charge on any atom is -0.297 e. The van der Waals surface area contributed by atoms with Gasteiger partial charge in [-0.05, 0) is 56.2 Å². The van der Waals surface area contributed by atoms with Crippen LogP contribution in [-0.2, 0) is 0 Å². The van der Waals surface area contributed by atoms with E-state index in [4.69, 9.17) is 11.6 Å². The van der Waals surface area contributed by atoms with Crippen LogP contribution >= 0.6 is 11.6 Å². The zero-order valence-corrected chi connectivity index (χ0v) is 17.5. The first kappa shape index (κ1) is 20.0. The summed E-state index contributed by atoms with van der Waals surface area (Å²) < 4.78 is 28.1. The summed E-state index contributed by atoms with van der Waals surface area (Å²) >= 11 is 5.99. The molecular weight excluding hydrogens is 392 g/mol. The minimum atomic E-state index is -0.557. The molecule has 0 bridgehead atoms. The molecule has 1 aliphatic heterocycles. The highest BCUT2D eigenvalue weighted by Crippen LogP contribution is 2.43. The van der Waals surface area contributed by atoms with Crippen LogP contribution in [0.1, 0.15) is 43.9 Å². The molecule has 0 radical (unpaired) electrons. The summed E-state index contributed by atoms with van der Waals surface area (Å²) in [5.41, 5.74) is 3.25. The Hall–Kier alpha value is -2.24. The van der Waals surface area contributed by atoms with Crippen LogP contribution in [0.15, 0.2) is 48.5 Å². The first-order chi connectivity index (χ1) is 13.7. The van der Waals surface area contributed by atoms with Gasteiger partial charge in [0.1, 0.15) is 11.6 Å². The smallest absolute Gasteiger partial charge is 0.129 e. The van der Waals surface area contributed by atoms with Gasteiger partial charge in [-0.25, -0.2) is 8.78 Å². The molecule has 3 aromatic rings. The van der Waals surface area contributed by atoms with E-state index in [1.165, 1.54) is 6.07 Å². The van der Waals surface area contributed by atoms with Crippen molar-refractivity contribution in [3.05, 3.63) is 76.4 Å². The number of benzene rings is 2. The number of nitrogens with zero attached hydrogens (tertiary/aromatic N) is 2. The molecule has 0 saturated carbocycles. The fraction of sp³-hybridized carbons (Fsp3) is 0.348. The highest BCUT2D eigenvalue weighted by atomic mass is 35.5. The number of rotatable bonds is 3. The molecule has 1 aromatic heterocycles. The third kappa shape index (κ3) is 4.07. The number of aromatic nitrogens is 2. The molecule has 0 aliphatic carbocycles. The van der Waals surface area contributed by atoms with Crippen molar-refractivity contribution >= 4 is 11.6 Å². The minimum absolute atomic E-state index is 0.00601. The van der Waals surface area contributed by atoms with Gasteiger partial charge in [0, 0.05) is 41.6 Å². The van der Waals surface area contributed by atoms with Crippen molar-refractivity contribution in [3.8, 4) is 11.3 Å². The van der Waals surface area contributed by atoms with Crippen LogP contribution < -0.4 is 0 Å². The van der Waals surface area contributed by atoms with E-state index in [-0.39, 0.29) is 17.4 Å². The summed E-state index contributed by atoms with van der Waals surface area (Å²) in [4.78, 5) is 2.34. The van der Waals surface area contributed by atoms with Gasteiger partial charge in [0.05, 0.1) is 11.4 Å². The first-order valence-electron chi connectivity index (χ1n) is 9.73. The molecule has 1 aliphatic rings. The Bertz CT molecular complexity index is 1010. The van der Waals surface area contributed by atoms with Crippen molar-refractivity contribution in [2.75, 3.05) is 13.1 Å². The lowest BCUT2D eigenvalue weighted by Gasteiger charge is -2.31. The molecule has 2 heterocycles. The Kier molecular flexibility index (Phi) is 5.21. The normalized spacial score (nSPS) is 20.3. The zero-order valence-electron chi connectivity index (χ0n) is 16.7. The van der Waals surface area contributed by atoms with E-state index >= 15 is 0 Å². The Morgan fingerprint density at radius 1 is 1.00 bits per heavy atom. The molecule has 2 atom stereocenters. The van der Waals surface area contributed by atoms with E-state index < -0.39 is 11.6 Å². The highest BCUT2D eigenvalue weighted by molar-refractivity contribution is 6.30. The van der Waals surface area contributed by atoms with Crippen LogP contribution in [0, 0.1) is 11.6 Å². The van der Waals surface area contributed by atoms with Crippen molar-refractivity contribution in [1.29, 1.82) is 0 Å². The van der Waals surface area contributed by atoms with Crippen LogP contribution in [0.2, 0.25) is 5.02 Å². The van der Waals surface area contributed by atoms with Crippen LogP contribution in [0.5, 0.6) is 0 Å². The summed E-state index contributed by atoms with van der Waals surface area (Å²) in [5.74, 6) is -1.15. The molecule has 2 aromatic carbocycles. The molecule has 1 fully saturated rings. The average Bonchev–Trinajstić information content (AvgIpc) is 3.29. The standard InChI is InChI=1S/C23H24ClF2N3/c1-23(2,3)29-12-18(17-9-8-16(25)10-20(17)26)19(13-29)22-11-21(27-28-22)14-4-6-15(24)7-5-14/h4-11,18-19H,12-13H2,1-3H3,(H,27,28)/t18-,19+/m0/s1. The van der Waals surface area contributed by atoms with Crippen LogP contribution in [-0.4, -0.2) is 33.7 Å². The van der Waals surface area contributed by atoms with Crippen LogP contribution in [0.25, 0.3) is 11.3 Å². The predicted octanol–water partition coefficient (Wildman–Crippen LogP) is 5.99. The van der Waals surface area contributed by atoms with E-state index in [1.807, 2.05) is 30.3 Å². The number of aromatic amines is 1. The Labute approximate surface area is 174 Å². The van der Waals surface area contributed by atoms with Gasteiger partial charge < -0.3 is 0 Å². The van der Waals surface area contributed by atoms with Crippen molar-refractivity contribution in [1.82, 2.24) is 15.1 Å². The quantitative estimate of drug-likeness (QED) is 0.569. The number of hydrogen-bond acceptors (Lipinski definition) is 2. The summed E-state index contributed by atoms with van der Waals surface area (Å²) in [6.45, 7) is 7.90. The lowest BCUT2D eigenvalue weighted by atomic mass is 9.86. The van der Waals surface area contributed by atoms with E-state index in [0.717, 1.165) is 29.6 Å². The lowest BCUT2D eigenvalue weighted by Crippen LogP contribution is -2.39. The largest absolute Gasteiger partial charge is 0.297 e. The lowest BCUT2D eigenvalue weighted by molar-refractivity contribution is 0.170. The molecule has 0 spiro atoms. The SMILES string of the molecule is CC(C)(C)N1C[C@@H](c2cc(-c3ccc(Cl)cc3)[nH]n2)[C@H](c2ccc(F)cc2F)C1. The second-order valence-corrected chi connectivity index (χ2v) is 9.10. The molecule has 6 heteroatoms. The molecule has 1 saturated heterocycles. The molecule has 1 N–H and O–H groups in total. The highest BCUT2D eigenvalue weighted by Gasteiger charge is 2.41. The topological polar surface area (TPSA) is 31.9 Å². The third-order valence-electron chi connectivity index (χ3n) is 5.76. The average molecular weight is 416 g/mol. The van der Waals surface area contributed by atoms with Crippen molar-refractivity contribution in [2.45, 2.75) is 38.1 Å². The van der Waals surface area contributed by atoms with Gasteiger partial charge in [-0.3, -0.25) is 10.00 Å². The molecule has 3 nitrogen and oxygen atoms in total. The maximum absolute atomic E-state index is 14.6. The van der Waals surface area contributed by atoms with Gasteiger partial charge in [-0.2, -0.15) is 5.10 Å². The van der Waals surface area contributed by atoms with E-state index in [2.05, 4.69) is 35.9 Å². The third-order valence-corrected chi connectivity index (χ3v) is 6.02. The number of H-pyrrole nitrogens is 1. The summed E-state index contributed by atoms with van der Waals surface area (Å²) in [7, 11) is 0. The number of likely N-dealkylation sites (tertiary alicyclic amines) is 1. The second kappa shape index (κ2) is 7.54. The van der Waals surface area contributed by atoms with Crippen LogP contribution in [0.3, 0.4) is 0 Å². The predicted molar refractivity (Wildman–Crippen MR) is 112 cm³/mol. The van der Waals surface area contributed by atoms with Crippen molar-refractivity contribution < 1.29 is 8.78 Å². The van der Waals surface area contributed by atoms with Gasteiger partial charge >= 0.3 is 0 Å². The molecule has 0 amide bonds. The fourth-order valence-electron chi connectivity index (χ4n) is 4.07. The van der Waals surface area contributed by atoms with Gasteiger partial charge in [-0.15, -0.1) is 0 Å². The zero-order chi connectivity index (χ0) is 20.8. The molecular formula is C23H24ClF2N3. The van der Waals surface area contributed by atoms with Gasteiger partial charge in [0.2, 0.25) is 0 Å². The van der Waals surface area contributed by atoms with Gasteiger partial charge in [0.15, 0.2) is 0 Å². The second-order valence-electron chi connectivity index (χ2n) is 8.67. The first-order valence-corrected chi connectivity index (χ1v) is 10.1. The summed E-state index contributed by atoms with van der Waals surface area (Å²) in [5, 5.41) is 8.34. The van der Waals surface area contributed by atoms with E-state index in [1.54, 1.807) is 6.07 Å². The van der Waals surface area contributed by atoms with Crippen molar-refractivity contribution in [2.24, 2.45) is 0 Å². The summed E-state index contributed by atoms with van der Waals surface area (Å²) in [6, 6.07) is 13.4. The van der Waals surface area contributed by atoms with Gasteiger partial charge in [-0.1, -0.05) is 29.8 Å². The van der Waals surface area contributed by atoms with E-state index in [9.17, 15) is 8.78 Å². The Morgan fingerprint density at radius 2 is 1.69 bits per heavy atom. The number of nitrogens with one attached hydrogen (secondary N) is 1. The maximum Gasteiger partial charge on any atom is 0.129 e. The fourth-order valence-corrected chi connectivity index (χ4v) is 4.20. The van der Waals surface area contributed by atoms with Crippen molar-refractivity contribution in [3.63, 3.8) is 0 Å². The molecule has 4 rings (SSSR count). The number of hydrogen-bond donors (Lipinski definition) is 1.